The molecule has 0 amide bonds. The summed E-state index contributed by atoms with van der Waals surface area (Å²) >= 11 is 12.2. The maximum absolute atomic E-state index is 12.3. The summed E-state index contributed by atoms with van der Waals surface area (Å²) in [5, 5.41) is 10.4. The molecule has 1 heterocycles. The van der Waals surface area contributed by atoms with E-state index in [9.17, 15) is 10.1 Å². The number of nitrogens with zero attached hydrogens (tertiary/aromatic N) is 1. The minimum Gasteiger partial charge on any atom is -0.440 e. The Bertz CT molecular complexity index is 1230. The zero-order chi connectivity index (χ0) is 22.0. The number of hydrogen-bond acceptors (Lipinski definition) is 5. The number of benzene rings is 3. The Hall–Kier alpha value is -3.46. The summed E-state index contributed by atoms with van der Waals surface area (Å²) < 4.78 is 11.1. The van der Waals surface area contributed by atoms with E-state index < -0.39 is 11.9 Å². The molecular weight excluding hydrogens is 435 g/mol. The molecule has 0 saturated heterocycles. The van der Waals surface area contributed by atoms with Gasteiger partial charge in [0.25, 0.3) is 0 Å². The van der Waals surface area contributed by atoms with E-state index in [4.69, 9.17) is 38.4 Å². The average molecular weight is 451 g/mol. The molecule has 154 valence electrons. The lowest BCUT2D eigenvalue weighted by Crippen LogP contribution is -2.21. The van der Waals surface area contributed by atoms with Crippen LogP contribution in [0.25, 0.3) is 0 Å². The summed E-state index contributed by atoms with van der Waals surface area (Å²) in [6, 6.07) is 21.6. The molecule has 1 unspecified atom stereocenters. The van der Waals surface area contributed by atoms with Gasteiger partial charge in [-0.2, -0.15) is 5.26 Å². The average Bonchev–Trinajstić information content (AvgIpc) is 2.75. The van der Waals surface area contributed by atoms with Gasteiger partial charge >= 0.3 is 5.97 Å². The molecule has 4 rings (SSSR count). The molecule has 3 aromatic carbocycles. The predicted octanol–water partition coefficient (Wildman–Crippen LogP) is 5.36. The first-order chi connectivity index (χ1) is 15.0. The number of carbonyl (C=O) groups is 1. The lowest BCUT2D eigenvalue weighted by Gasteiger charge is -2.27. The minimum atomic E-state index is -0.488. The molecule has 1 aliphatic rings. The molecule has 0 saturated carbocycles. The van der Waals surface area contributed by atoms with E-state index in [1.165, 1.54) is 0 Å². The van der Waals surface area contributed by atoms with Gasteiger partial charge in [0, 0.05) is 11.6 Å². The van der Waals surface area contributed by atoms with Crippen molar-refractivity contribution in [1.29, 1.82) is 5.26 Å². The fourth-order valence-electron chi connectivity index (χ4n) is 3.46. The van der Waals surface area contributed by atoms with Gasteiger partial charge in [0.1, 0.15) is 23.1 Å². The second kappa shape index (κ2) is 8.73. The highest BCUT2D eigenvalue weighted by Crippen LogP contribution is 2.44. The van der Waals surface area contributed by atoms with Crippen LogP contribution in [0, 0.1) is 11.3 Å². The number of ether oxygens (including phenoxy) is 2. The Labute approximate surface area is 189 Å². The highest BCUT2D eigenvalue weighted by Gasteiger charge is 2.31. The van der Waals surface area contributed by atoms with Crippen LogP contribution < -0.4 is 15.2 Å². The molecule has 3 aromatic rings. The molecule has 31 heavy (non-hydrogen) atoms. The normalized spacial score (nSPS) is 14.9. The Morgan fingerprint density at radius 3 is 2.55 bits per heavy atom. The first-order valence-electron chi connectivity index (χ1n) is 9.37. The molecule has 0 radical (unpaired) electrons. The monoisotopic (exact) mass is 450 g/mol. The molecule has 0 fully saturated rings. The minimum absolute atomic E-state index is 0.0150. The van der Waals surface area contributed by atoms with E-state index in [-0.39, 0.29) is 17.9 Å². The topological polar surface area (TPSA) is 85.3 Å². The van der Waals surface area contributed by atoms with Gasteiger partial charge in [-0.1, -0.05) is 65.7 Å². The van der Waals surface area contributed by atoms with Crippen LogP contribution in [0.1, 0.15) is 22.6 Å². The smallest absolute Gasteiger partial charge is 0.315 e. The van der Waals surface area contributed by atoms with Crippen molar-refractivity contribution in [1.82, 2.24) is 0 Å². The number of esters is 1. The fourth-order valence-corrected chi connectivity index (χ4v) is 3.77. The van der Waals surface area contributed by atoms with Crippen molar-refractivity contribution in [3.8, 4) is 17.6 Å². The van der Waals surface area contributed by atoms with Crippen LogP contribution in [-0.2, 0) is 11.2 Å². The van der Waals surface area contributed by atoms with E-state index in [1.807, 2.05) is 30.3 Å². The van der Waals surface area contributed by atoms with Crippen LogP contribution in [0.15, 0.2) is 78.2 Å². The maximum atomic E-state index is 12.3. The van der Waals surface area contributed by atoms with E-state index in [0.29, 0.717) is 27.1 Å². The van der Waals surface area contributed by atoms with E-state index in [2.05, 4.69) is 6.07 Å². The van der Waals surface area contributed by atoms with Crippen LogP contribution in [0.5, 0.6) is 11.5 Å². The first kappa shape index (κ1) is 20.8. The van der Waals surface area contributed by atoms with Crippen LogP contribution in [-0.4, -0.2) is 5.97 Å². The number of hydrogen-bond donors (Lipinski definition) is 1. The van der Waals surface area contributed by atoms with Gasteiger partial charge < -0.3 is 15.2 Å². The second-order valence-corrected chi connectivity index (χ2v) is 7.75. The molecular formula is C24H16Cl2N2O3. The third-order valence-corrected chi connectivity index (χ3v) is 5.63. The maximum Gasteiger partial charge on any atom is 0.315 e. The molecule has 1 aliphatic heterocycles. The van der Waals surface area contributed by atoms with Crippen molar-refractivity contribution >= 4 is 29.2 Å². The zero-order valence-corrected chi connectivity index (χ0v) is 17.7. The van der Waals surface area contributed by atoms with E-state index in [0.717, 1.165) is 11.1 Å². The van der Waals surface area contributed by atoms with Gasteiger partial charge in [-0.15, -0.1) is 0 Å². The molecule has 5 nitrogen and oxygen atoms in total. The van der Waals surface area contributed by atoms with Crippen LogP contribution in [0.4, 0.5) is 0 Å². The highest BCUT2D eigenvalue weighted by atomic mass is 35.5. The summed E-state index contributed by atoms with van der Waals surface area (Å²) in [5.74, 6) is -0.181. The fraction of sp³-hybridized carbons (Fsp3) is 0.0833. The van der Waals surface area contributed by atoms with Gasteiger partial charge in [0.15, 0.2) is 0 Å². The summed E-state index contributed by atoms with van der Waals surface area (Å²) in [7, 11) is 0. The summed E-state index contributed by atoms with van der Waals surface area (Å²) in [4.78, 5) is 12.3. The van der Waals surface area contributed by atoms with Crippen molar-refractivity contribution in [2.45, 2.75) is 12.3 Å². The van der Waals surface area contributed by atoms with Crippen molar-refractivity contribution in [3.63, 3.8) is 0 Å². The van der Waals surface area contributed by atoms with Gasteiger partial charge in [0.05, 0.1) is 22.4 Å². The quantitative estimate of drug-likeness (QED) is 0.427. The molecule has 1 atom stereocenters. The van der Waals surface area contributed by atoms with Crippen molar-refractivity contribution in [2.24, 2.45) is 5.73 Å². The Morgan fingerprint density at radius 2 is 1.84 bits per heavy atom. The van der Waals surface area contributed by atoms with Crippen molar-refractivity contribution in [3.05, 3.63) is 105 Å². The highest BCUT2D eigenvalue weighted by molar-refractivity contribution is 6.42. The zero-order valence-electron chi connectivity index (χ0n) is 16.1. The number of nitriles is 1. The lowest BCUT2D eigenvalue weighted by atomic mass is 9.83. The lowest BCUT2D eigenvalue weighted by molar-refractivity contribution is -0.133. The van der Waals surface area contributed by atoms with Crippen LogP contribution in [0.2, 0.25) is 10.0 Å². The van der Waals surface area contributed by atoms with Crippen molar-refractivity contribution in [2.75, 3.05) is 0 Å². The molecule has 0 aliphatic carbocycles. The SMILES string of the molecule is N#CC1=C(N)Oc2cc(OC(=O)Cc3ccccc3)ccc2C1c1ccc(Cl)c(Cl)c1. The number of carbonyl (C=O) groups excluding carboxylic acids is 1. The van der Waals surface area contributed by atoms with Gasteiger partial charge in [0.2, 0.25) is 5.88 Å². The molecule has 2 N–H and O–H groups in total. The molecule has 0 aromatic heterocycles. The third-order valence-electron chi connectivity index (χ3n) is 4.89. The summed E-state index contributed by atoms with van der Waals surface area (Å²) in [5.41, 5.74) is 8.58. The van der Waals surface area contributed by atoms with E-state index >= 15 is 0 Å². The number of allylic oxidation sites excluding steroid dienone is 1. The summed E-state index contributed by atoms with van der Waals surface area (Å²) in [6.07, 6.45) is 0.144. The molecule has 0 spiro atoms. The predicted molar refractivity (Wildman–Crippen MR) is 118 cm³/mol. The van der Waals surface area contributed by atoms with Crippen LogP contribution in [0.3, 0.4) is 0 Å². The summed E-state index contributed by atoms with van der Waals surface area (Å²) in [6.45, 7) is 0. The number of rotatable bonds is 4. The van der Waals surface area contributed by atoms with Gasteiger partial charge in [-0.05, 0) is 29.3 Å². The Morgan fingerprint density at radius 1 is 1.06 bits per heavy atom. The number of fused-ring (bicyclic) bond motifs is 1. The molecule has 7 heteroatoms. The van der Waals surface area contributed by atoms with E-state index in [1.54, 1.807) is 36.4 Å². The van der Waals surface area contributed by atoms with Gasteiger partial charge in [-0.25, -0.2) is 0 Å². The van der Waals surface area contributed by atoms with Crippen LogP contribution >= 0.6 is 23.2 Å². The molecule has 0 bridgehead atoms. The Kier molecular flexibility index (Phi) is 5.85. The third kappa shape index (κ3) is 4.36. The first-order valence-corrected chi connectivity index (χ1v) is 10.1. The number of halogens is 2. The Balaban J connectivity index is 1.65. The van der Waals surface area contributed by atoms with Crippen molar-refractivity contribution < 1.29 is 14.3 Å². The second-order valence-electron chi connectivity index (χ2n) is 6.93. The number of nitrogens with two attached hydrogens (primary N) is 1. The standard InChI is InChI=1S/C24H16Cl2N2O3/c25-19-9-6-15(11-20(19)26)23-17-8-7-16(12-21(17)31-24(28)18(23)13-27)30-22(29)10-14-4-2-1-3-5-14/h1-9,11-12,23H,10,28H2. The van der Waals surface area contributed by atoms with Gasteiger partial charge in [-0.3, -0.25) is 4.79 Å². The largest absolute Gasteiger partial charge is 0.440 e.